The molecule has 56 heavy (non-hydrogen) atoms. The van der Waals surface area contributed by atoms with E-state index in [-0.39, 0.29) is 18.5 Å². The second-order valence-corrected chi connectivity index (χ2v) is 17.5. The number of amides is 1. The number of carbonyl (C=O) groups is 2. The fourth-order valence-electron chi connectivity index (χ4n) is 7.99. The average Bonchev–Trinajstić information content (AvgIpc) is 3.20. The van der Waals surface area contributed by atoms with Crippen molar-refractivity contribution >= 4 is 11.9 Å². The number of hydrogen-bond acceptors (Lipinski definition) is 5. The predicted octanol–water partition coefficient (Wildman–Crippen LogP) is 14.8. The van der Waals surface area contributed by atoms with Crippen molar-refractivity contribution in [2.75, 3.05) is 13.2 Å². The van der Waals surface area contributed by atoms with Gasteiger partial charge in [-0.3, -0.25) is 9.59 Å². The van der Waals surface area contributed by atoms with Crippen molar-refractivity contribution in [1.29, 1.82) is 0 Å². The van der Waals surface area contributed by atoms with Gasteiger partial charge in [0.1, 0.15) is 0 Å². The number of ether oxygens (including phenoxy) is 1. The molecule has 0 aromatic carbocycles. The lowest BCUT2D eigenvalue weighted by Gasteiger charge is -2.22. The zero-order valence-electron chi connectivity index (χ0n) is 37.9. The van der Waals surface area contributed by atoms with Crippen LogP contribution < -0.4 is 5.32 Å². The Hall–Kier alpha value is -1.14. The quantitative estimate of drug-likeness (QED) is 0.0421. The summed E-state index contributed by atoms with van der Waals surface area (Å²) in [5.74, 6) is -0.0814. The van der Waals surface area contributed by atoms with Gasteiger partial charge in [0, 0.05) is 12.8 Å². The lowest BCUT2D eigenvalue weighted by molar-refractivity contribution is -0.143. The number of carbonyl (C=O) groups excluding carboxylic acids is 2. The average molecular weight is 794 g/mol. The smallest absolute Gasteiger partial charge is 0.305 e. The Morgan fingerprint density at radius 3 is 1.09 bits per heavy atom. The van der Waals surface area contributed by atoms with E-state index < -0.39 is 12.1 Å². The summed E-state index contributed by atoms with van der Waals surface area (Å²) in [6, 6.07) is -0.558. The zero-order chi connectivity index (χ0) is 40.8. The predicted molar refractivity (Wildman–Crippen MR) is 241 cm³/mol. The van der Waals surface area contributed by atoms with E-state index in [1.165, 1.54) is 193 Å². The van der Waals surface area contributed by atoms with Crippen molar-refractivity contribution in [1.82, 2.24) is 5.32 Å². The van der Waals surface area contributed by atoms with Crippen LogP contribution in [0.3, 0.4) is 0 Å². The first kappa shape index (κ1) is 54.9. The molecule has 2 atom stereocenters. The van der Waals surface area contributed by atoms with Gasteiger partial charge in [-0.15, -0.1) is 0 Å². The number of unbranched alkanes of at least 4 members (excludes halogenated alkanes) is 36. The number of nitrogens with one attached hydrogen (secondary N) is 1. The van der Waals surface area contributed by atoms with Crippen LogP contribution in [-0.2, 0) is 14.3 Å². The van der Waals surface area contributed by atoms with Gasteiger partial charge in [0.2, 0.25) is 5.91 Å². The summed E-state index contributed by atoms with van der Waals surface area (Å²) >= 11 is 0. The summed E-state index contributed by atoms with van der Waals surface area (Å²) in [4.78, 5) is 24.5. The number of rotatable bonds is 47. The molecule has 0 aromatic rings. The van der Waals surface area contributed by atoms with Crippen molar-refractivity contribution in [2.45, 2.75) is 296 Å². The van der Waals surface area contributed by atoms with E-state index in [4.69, 9.17) is 4.74 Å². The van der Waals surface area contributed by atoms with Gasteiger partial charge in [-0.25, -0.2) is 0 Å². The number of hydrogen-bond donors (Lipinski definition) is 3. The SMILES string of the molecule is CCCCCCCCCCCCCCCCCCCC(=O)OCCCCCCCCCCCC(=O)NC(CO)C(O)CCCCCCCCCCCCCCC. The maximum absolute atomic E-state index is 12.4. The van der Waals surface area contributed by atoms with Gasteiger partial charge in [0.15, 0.2) is 0 Å². The minimum atomic E-state index is -0.679. The minimum Gasteiger partial charge on any atom is -0.466 e. The van der Waals surface area contributed by atoms with E-state index in [2.05, 4.69) is 19.2 Å². The Kier molecular flexibility index (Phi) is 45.6. The van der Waals surface area contributed by atoms with Crippen LogP contribution in [0.2, 0.25) is 0 Å². The fraction of sp³-hybridized carbons (Fsp3) is 0.960. The molecule has 0 heterocycles. The molecule has 0 aliphatic rings. The molecule has 0 rings (SSSR count). The molecule has 334 valence electrons. The van der Waals surface area contributed by atoms with Crippen LogP contribution in [0.15, 0.2) is 0 Å². The van der Waals surface area contributed by atoms with Crippen LogP contribution in [-0.4, -0.2) is 47.4 Å². The van der Waals surface area contributed by atoms with Gasteiger partial charge in [-0.2, -0.15) is 0 Å². The lowest BCUT2D eigenvalue weighted by Crippen LogP contribution is -2.45. The molecule has 0 fully saturated rings. The maximum Gasteiger partial charge on any atom is 0.305 e. The highest BCUT2D eigenvalue weighted by Crippen LogP contribution is 2.17. The molecule has 2 unspecified atom stereocenters. The molecule has 0 bridgehead atoms. The second-order valence-electron chi connectivity index (χ2n) is 17.5. The number of aliphatic hydroxyl groups excluding tert-OH is 2. The molecule has 0 saturated heterocycles. The highest BCUT2D eigenvalue weighted by Gasteiger charge is 2.20. The summed E-state index contributed by atoms with van der Waals surface area (Å²) in [6.45, 7) is 4.90. The highest BCUT2D eigenvalue weighted by atomic mass is 16.5. The Bertz CT molecular complexity index is 791. The molecule has 0 aliphatic heterocycles. The third-order valence-corrected chi connectivity index (χ3v) is 11.9. The van der Waals surface area contributed by atoms with Crippen molar-refractivity contribution in [3.8, 4) is 0 Å². The van der Waals surface area contributed by atoms with Crippen LogP contribution in [0.25, 0.3) is 0 Å². The second kappa shape index (κ2) is 46.5. The van der Waals surface area contributed by atoms with Gasteiger partial charge in [-0.1, -0.05) is 245 Å². The molecule has 0 aliphatic carbocycles. The Labute approximate surface area is 349 Å². The molecular weight excluding hydrogens is 695 g/mol. The lowest BCUT2D eigenvalue weighted by atomic mass is 10.0. The molecule has 1 amide bonds. The van der Waals surface area contributed by atoms with E-state index in [1.807, 2.05) is 0 Å². The molecule has 6 heteroatoms. The Morgan fingerprint density at radius 2 is 0.732 bits per heavy atom. The molecule has 0 aromatic heterocycles. The number of esters is 1. The van der Waals surface area contributed by atoms with E-state index in [9.17, 15) is 19.8 Å². The van der Waals surface area contributed by atoms with Crippen molar-refractivity contribution in [3.05, 3.63) is 0 Å². The summed E-state index contributed by atoms with van der Waals surface area (Å²) in [5.41, 5.74) is 0. The molecule has 3 N–H and O–H groups in total. The maximum atomic E-state index is 12.4. The minimum absolute atomic E-state index is 0.0206. The summed E-state index contributed by atoms with van der Waals surface area (Å²) in [5, 5.41) is 23.2. The monoisotopic (exact) mass is 794 g/mol. The van der Waals surface area contributed by atoms with E-state index >= 15 is 0 Å². The molecule has 0 radical (unpaired) electrons. The van der Waals surface area contributed by atoms with Crippen molar-refractivity contribution in [2.24, 2.45) is 0 Å². The van der Waals surface area contributed by atoms with E-state index in [1.54, 1.807) is 0 Å². The third-order valence-electron chi connectivity index (χ3n) is 11.9. The normalized spacial score (nSPS) is 12.6. The van der Waals surface area contributed by atoms with Crippen LogP contribution in [0.1, 0.15) is 284 Å². The fourth-order valence-corrected chi connectivity index (χ4v) is 7.99. The molecule has 0 spiro atoms. The van der Waals surface area contributed by atoms with Crippen molar-refractivity contribution < 1.29 is 24.5 Å². The summed E-state index contributed by atoms with van der Waals surface area (Å²) < 4.78 is 5.46. The van der Waals surface area contributed by atoms with Gasteiger partial charge in [-0.05, 0) is 25.7 Å². The zero-order valence-corrected chi connectivity index (χ0v) is 37.9. The first-order chi connectivity index (χ1) is 27.5. The Morgan fingerprint density at radius 1 is 0.429 bits per heavy atom. The number of aliphatic hydroxyl groups is 2. The van der Waals surface area contributed by atoms with E-state index in [0.717, 1.165) is 57.8 Å². The molecule has 6 nitrogen and oxygen atoms in total. The van der Waals surface area contributed by atoms with Gasteiger partial charge < -0.3 is 20.3 Å². The highest BCUT2D eigenvalue weighted by molar-refractivity contribution is 5.76. The largest absolute Gasteiger partial charge is 0.466 e. The first-order valence-electron chi connectivity index (χ1n) is 25.3. The molecule has 0 saturated carbocycles. The third kappa shape index (κ3) is 42.5. The van der Waals surface area contributed by atoms with Crippen molar-refractivity contribution in [3.63, 3.8) is 0 Å². The van der Waals surface area contributed by atoms with Crippen LogP contribution in [0.5, 0.6) is 0 Å². The topological polar surface area (TPSA) is 95.9 Å². The van der Waals surface area contributed by atoms with Gasteiger partial charge >= 0.3 is 5.97 Å². The van der Waals surface area contributed by atoms with Gasteiger partial charge in [0.25, 0.3) is 0 Å². The Balaban J connectivity index is 3.45. The summed E-state index contributed by atoms with van der Waals surface area (Å²) in [6.07, 6.45) is 50.7. The van der Waals surface area contributed by atoms with Crippen LogP contribution in [0.4, 0.5) is 0 Å². The van der Waals surface area contributed by atoms with Gasteiger partial charge in [0.05, 0.1) is 25.4 Å². The van der Waals surface area contributed by atoms with Crippen LogP contribution in [0, 0.1) is 0 Å². The van der Waals surface area contributed by atoms with Crippen LogP contribution >= 0.6 is 0 Å². The molecular formula is C50H99NO5. The summed E-state index contributed by atoms with van der Waals surface area (Å²) in [7, 11) is 0. The van der Waals surface area contributed by atoms with E-state index in [0.29, 0.717) is 25.9 Å². The first-order valence-corrected chi connectivity index (χ1v) is 25.3. The standard InChI is InChI=1S/C50H99NO5/c1-3-5-7-9-11-13-15-17-18-19-20-22-24-28-32-36-40-44-50(55)56-45-41-37-33-29-25-27-31-35-39-43-49(54)51-47(46-52)48(53)42-38-34-30-26-23-21-16-14-12-10-8-6-4-2/h47-48,52-53H,3-46H2,1-2H3,(H,51,54).